The van der Waals surface area contributed by atoms with Crippen molar-refractivity contribution >= 4 is 11.8 Å². The van der Waals surface area contributed by atoms with Crippen LogP contribution in [0.1, 0.15) is 30.9 Å². The minimum absolute atomic E-state index is 0.110. The molecule has 0 bridgehead atoms. The van der Waals surface area contributed by atoms with Gasteiger partial charge in [-0.05, 0) is 29.9 Å². The van der Waals surface area contributed by atoms with Crippen molar-refractivity contribution in [1.29, 1.82) is 0 Å². The van der Waals surface area contributed by atoms with E-state index in [1.54, 1.807) is 0 Å². The standard InChI is InChI=1S/C17H22N2O2/c1-12-10-15(12)17(21)18-8-6-16(20)19-9-7-13-4-2-3-5-14(13)11-19/h2-5,12,15H,6-11H2,1H3,(H,18,21)/t12-,15+/m0/s1. The van der Waals surface area contributed by atoms with E-state index in [9.17, 15) is 9.59 Å². The Morgan fingerprint density at radius 2 is 2.00 bits per heavy atom. The van der Waals surface area contributed by atoms with Crippen LogP contribution in [0.3, 0.4) is 0 Å². The molecule has 0 unspecified atom stereocenters. The lowest BCUT2D eigenvalue weighted by Gasteiger charge is -2.29. The fraction of sp³-hybridized carbons (Fsp3) is 0.529. The molecular weight excluding hydrogens is 264 g/mol. The van der Waals surface area contributed by atoms with Crippen molar-refractivity contribution in [3.05, 3.63) is 35.4 Å². The van der Waals surface area contributed by atoms with Crippen LogP contribution in [0.2, 0.25) is 0 Å². The smallest absolute Gasteiger partial charge is 0.224 e. The first-order chi connectivity index (χ1) is 10.1. The summed E-state index contributed by atoms with van der Waals surface area (Å²) in [5.41, 5.74) is 2.59. The Morgan fingerprint density at radius 3 is 2.71 bits per heavy atom. The molecule has 0 aromatic heterocycles. The van der Waals surface area contributed by atoms with Gasteiger partial charge in [0.05, 0.1) is 0 Å². The molecule has 4 heteroatoms. The summed E-state index contributed by atoms with van der Waals surface area (Å²) in [6.45, 7) is 4.02. The van der Waals surface area contributed by atoms with Gasteiger partial charge in [0.1, 0.15) is 0 Å². The highest BCUT2D eigenvalue weighted by Gasteiger charge is 2.38. The lowest BCUT2D eigenvalue weighted by Crippen LogP contribution is -2.38. The number of rotatable bonds is 4. The molecule has 1 aromatic carbocycles. The summed E-state index contributed by atoms with van der Waals surface area (Å²) in [5, 5.41) is 2.88. The van der Waals surface area contributed by atoms with Gasteiger partial charge in [-0.15, -0.1) is 0 Å². The molecule has 3 rings (SSSR count). The fourth-order valence-electron chi connectivity index (χ4n) is 2.98. The highest BCUT2D eigenvalue weighted by molar-refractivity contribution is 5.82. The molecule has 2 aliphatic rings. The zero-order valence-corrected chi connectivity index (χ0v) is 12.5. The van der Waals surface area contributed by atoms with Crippen LogP contribution in [-0.2, 0) is 22.6 Å². The van der Waals surface area contributed by atoms with Crippen molar-refractivity contribution in [2.24, 2.45) is 11.8 Å². The van der Waals surface area contributed by atoms with Crippen LogP contribution in [0.25, 0.3) is 0 Å². The topological polar surface area (TPSA) is 49.4 Å². The van der Waals surface area contributed by atoms with E-state index in [0.29, 0.717) is 25.4 Å². The molecule has 1 aliphatic carbocycles. The summed E-state index contributed by atoms with van der Waals surface area (Å²) in [7, 11) is 0. The Labute approximate surface area is 125 Å². The molecule has 21 heavy (non-hydrogen) atoms. The number of carbonyl (C=O) groups is 2. The second kappa shape index (κ2) is 5.88. The SMILES string of the molecule is C[C@H]1C[C@H]1C(=O)NCCC(=O)N1CCc2ccccc2C1. The molecule has 2 atom stereocenters. The minimum atomic E-state index is 0.110. The van der Waals surface area contributed by atoms with Gasteiger partial charge in [0.2, 0.25) is 11.8 Å². The van der Waals surface area contributed by atoms with Gasteiger partial charge >= 0.3 is 0 Å². The first kappa shape index (κ1) is 14.1. The third-order valence-electron chi connectivity index (χ3n) is 4.57. The average molecular weight is 286 g/mol. The molecule has 2 amide bonds. The van der Waals surface area contributed by atoms with Crippen molar-refractivity contribution in [2.45, 2.75) is 32.7 Å². The summed E-state index contributed by atoms with van der Waals surface area (Å²) in [6.07, 6.45) is 2.31. The normalized spacial score (nSPS) is 23.4. The highest BCUT2D eigenvalue weighted by Crippen LogP contribution is 2.37. The van der Waals surface area contributed by atoms with Gasteiger partial charge in [-0.1, -0.05) is 31.2 Å². The van der Waals surface area contributed by atoms with E-state index in [1.165, 1.54) is 11.1 Å². The van der Waals surface area contributed by atoms with Gasteiger partial charge in [0, 0.05) is 32.0 Å². The van der Waals surface area contributed by atoms with Gasteiger partial charge in [-0.3, -0.25) is 9.59 Å². The zero-order valence-electron chi connectivity index (χ0n) is 12.5. The molecule has 1 aromatic rings. The van der Waals surface area contributed by atoms with Crippen molar-refractivity contribution in [1.82, 2.24) is 10.2 Å². The fourth-order valence-corrected chi connectivity index (χ4v) is 2.98. The number of benzene rings is 1. The molecule has 1 N–H and O–H groups in total. The predicted molar refractivity (Wildman–Crippen MR) is 80.5 cm³/mol. The van der Waals surface area contributed by atoms with Crippen molar-refractivity contribution < 1.29 is 9.59 Å². The summed E-state index contributed by atoms with van der Waals surface area (Å²) < 4.78 is 0. The second-order valence-corrected chi connectivity index (χ2v) is 6.19. The Hall–Kier alpha value is -1.84. The van der Waals surface area contributed by atoms with Crippen LogP contribution in [0.15, 0.2) is 24.3 Å². The van der Waals surface area contributed by atoms with E-state index in [-0.39, 0.29) is 17.7 Å². The monoisotopic (exact) mass is 286 g/mol. The lowest BCUT2D eigenvalue weighted by atomic mass is 10.00. The zero-order chi connectivity index (χ0) is 14.8. The largest absolute Gasteiger partial charge is 0.355 e. The minimum Gasteiger partial charge on any atom is -0.355 e. The quantitative estimate of drug-likeness (QED) is 0.916. The number of carbonyl (C=O) groups excluding carboxylic acids is 2. The number of hydrogen-bond acceptors (Lipinski definition) is 2. The van der Waals surface area contributed by atoms with E-state index in [4.69, 9.17) is 0 Å². The van der Waals surface area contributed by atoms with E-state index in [0.717, 1.165) is 19.4 Å². The van der Waals surface area contributed by atoms with E-state index < -0.39 is 0 Å². The molecule has 1 aliphatic heterocycles. The number of amides is 2. The van der Waals surface area contributed by atoms with Gasteiger partial charge in [0.25, 0.3) is 0 Å². The first-order valence-corrected chi connectivity index (χ1v) is 7.77. The van der Waals surface area contributed by atoms with Crippen LogP contribution in [-0.4, -0.2) is 29.8 Å². The van der Waals surface area contributed by atoms with Crippen LogP contribution in [0, 0.1) is 11.8 Å². The summed E-state index contributed by atoms with van der Waals surface area (Å²) in [6, 6.07) is 8.29. The van der Waals surface area contributed by atoms with Crippen LogP contribution >= 0.6 is 0 Å². The number of fused-ring (bicyclic) bond motifs is 1. The van der Waals surface area contributed by atoms with Gasteiger partial charge in [-0.2, -0.15) is 0 Å². The summed E-state index contributed by atoms with van der Waals surface area (Å²) in [5.74, 6) is 0.939. The Balaban J connectivity index is 1.45. The van der Waals surface area contributed by atoms with Crippen LogP contribution in [0.5, 0.6) is 0 Å². The molecule has 4 nitrogen and oxygen atoms in total. The van der Waals surface area contributed by atoms with Crippen LogP contribution in [0.4, 0.5) is 0 Å². The van der Waals surface area contributed by atoms with Gasteiger partial charge < -0.3 is 10.2 Å². The molecule has 0 saturated heterocycles. The average Bonchev–Trinajstić information content (AvgIpc) is 3.23. The van der Waals surface area contributed by atoms with Gasteiger partial charge in [0.15, 0.2) is 0 Å². The molecular formula is C17H22N2O2. The molecule has 0 radical (unpaired) electrons. The number of hydrogen-bond donors (Lipinski definition) is 1. The summed E-state index contributed by atoms with van der Waals surface area (Å²) in [4.78, 5) is 25.8. The highest BCUT2D eigenvalue weighted by atomic mass is 16.2. The van der Waals surface area contributed by atoms with E-state index in [2.05, 4.69) is 24.4 Å². The third kappa shape index (κ3) is 3.26. The third-order valence-corrected chi connectivity index (χ3v) is 4.57. The van der Waals surface area contributed by atoms with Crippen molar-refractivity contribution in [2.75, 3.05) is 13.1 Å². The Morgan fingerprint density at radius 1 is 1.29 bits per heavy atom. The van der Waals surface area contributed by atoms with Crippen molar-refractivity contribution in [3.8, 4) is 0 Å². The Bertz CT molecular complexity index is 555. The summed E-state index contributed by atoms with van der Waals surface area (Å²) >= 11 is 0. The molecule has 1 fully saturated rings. The maximum atomic E-state index is 12.2. The van der Waals surface area contributed by atoms with E-state index >= 15 is 0 Å². The van der Waals surface area contributed by atoms with E-state index in [1.807, 2.05) is 17.0 Å². The van der Waals surface area contributed by atoms with Gasteiger partial charge in [-0.25, -0.2) is 0 Å². The molecule has 1 saturated carbocycles. The maximum Gasteiger partial charge on any atom is 0.224 e. The molecule has 112 valence electrons. The lowest BCUT2D eigenvalue weighted by molar-refractivity contribution is -0.132. The first-order valence-electron chi connectivity index (χ1n) is 7.77. The van der Waals surface area contributed by atoms with Crippen LogP contribution < -0.4 is 5.32 Å². The maximum absolute atomic E-state index is 12.2. The number of nitrogens with zero attached hydrogens (tertiary/aromatic N) is 1. The Kier molecular flexibility index (Phi) is 3.95. The second-order valence-electron chi connectivity index (χ2n) is 6.19. The molecule has 0 spiro atoms. The predicted octanol–water partition coefficient (Wildman–Crippen LogP) is 1.73. The molecule has 1 heterocycles. The number of nitrogens with one attached hydrogen (secondary N) is 1. The van der Waals surface area contributed by atoms with Crippen molar-refractivity contribution in [3.63, 3.8) is 0 Å².